The molecule has 9 heteroatoms. The van der Waals surface area contributed by atoms with Crippen LogP contribution in [-0.2, 0) is 17.5 Å². The Morgan fingerprint density at radius 1 is 1.29 bits per heavy atom. The summed E-state index contributed by atoms with van der Waals surface area (Å²) in [4.78, 5) is 10.3. The Bertz CT molecular complexity index is 1340. The second-order valence-electron chi connectivity index (χ2n) is 9.48. The van der Waals surface area contributed by atoms with E-state index >= 15 is 0 Å². The fourth-order valence-electron chi connectivity index (χ4n) is 5.13. The van der Waals surface area contributed by atoms with E-state index in [1.807, 2.05) is 12.3 Å². The van der Waals surface area contributed by atoms with E-state index < -0.39 is 11.1 Å². The molecule has 34 heavy (non-hydrogen) atoms. The number of ether oxygens (including phenoxy) is 1. The van der Waals surface area contributed by atoms with Gasteiger partial charge >= 0.3 is 0 Å². The Labute approximate surface area is 201 Å². The summed E-state index contributed by atoms with van der Waals surface area (Å²) < 4.78 is 27.1. The van der Waals surface area contributed by atoms with E-state index in [1.54, 1.807) is 11.6 Å². The van der Waals surface area contributed by atoms with Gasteiger partial charge in [0.2, 0.25) is 0 Å². The number of methoxy groups -OCH3 is 1. The first-order valence-corrected chi connectivity index (χ1v) is 13.0. The van der Waals surface area contributed by atoms with Crippen LogP contribution in [-0.4, -0.2) is 65.7 Å². The zero-order chi connectivity index (χ0) is 23.8. The van der Waals surface area contributed by atoms with Crippen molar-refractivity contribution in [2.75, 3.05) is 32.5 Å². The average molecular weight is 482 g/mol. The number of H-pyrrole nitrogens is 1. The summed E-state index contributed by atoms with van der Waals surface area (Å²) in [5, 5.41) is 5.58. The molecule has 0 saturated carbocycles. The minimum atomic E-state index is -1.68. The summed E-state index contributed by atoms with van der Waals surface area (Å²) in [5.41, 5.74) is 6.60. The van der Waals surface area contributed by atoms with Gasteiger partial charge in [-0.1, -0.05) is 19.9 Å². The number of pyridine rings is 1. The van der Waals surface area contributed by atoms with Crippen molar-refractivity contribution in [1.82, 2.24) is 24.5 Å². The van der Waals surface area contributed by atoms with Crippen LogP contribution >= 0.6 is 0 Å². The molecule has 4 heterocycles. The van der Waals surface area contributed by atoms with Gasteiger partial charge in [0.1, 0.15) is 6.33 Å². The summed E-state index contributed by atoms with van der Waals surface area (Å²) in [6.07, 6.45) is 5.36. The Morgan fingerprint density at radius 3 is 2.85 bits per heavy atom. The van der Waals surface area contributed by atoms with E-state index in [9.17, 15) is 4.21 Å². The Hall–Kier alpha value is -2.75. The van der Waals surface area contributed by atoms with Gasteiger partial charge in [0.05, 0.1) is 18.6 Å². The van der Waals surface area contributed by atoms with Gasteiger partial charge in [-0.3, -0.25) is 0 Å². The van der Waals surface area contributed by atoms with Gasteiger partial charge in [0.25, 0.3) is 0 Å². The maximum Gasteiger partial charge on any atom is 0.197 e. The van der Waals surface area contributed by atoms with E-state index in [0.29, 0.717) is 29.0 Å². The van der Waals surface area contributed by atoms with Gasteiger partial charge in [-0.05, 0) is 60.5 Å². The van der Waals surface area contributed by atoms with Crippen LogP contribution in [0.5, 0.6) is 5.75 Å². The van der Waals surface area contributed by atoms with Crippen LogP contribution in [0.4, 0.5) is 0 Å². The fourth-order valence-corrected chi connectivity index (χ4v) is 5.51. The van der Waals surface area contributed by atoms with E-state index in [0.717, 1.165) is 49.2 Å². The molecule has 0 bridgehead atoms. The van der Waals surface area contributed by atoms with Crippen molar-refractivity contribution < 1.29 is 13.5 Å². The van der Waals surface area contributed by atoms with Gasteiger partial charge < -0.3 is 19.2 Å². The highest BCUT2D eigenvalue weighted by molar-refractivity contribution is 7.79. The second-order valence-corrected chi connectivity index (χ2v) is 10.5. The normalized spacial score (nSPS) is 15.9. The maximum absolute atomic E-state index is 10.8. The molecule has 8 nitrogen and oxygen atoms in total. The molecule has 1 unspecified atom stereocenters. The first-order valence-electron chi connectivity index (χ1n) is 11.7. The fraction of sp³-hybridized carbons (Fsp3) is 0.440. The number of nitrogens with one attached hydrogen (secondary N) is 1. The number of hydrogen-bond acceptors (Lipinski definition) is 5. The highest BCUT2D eigenvalue weighted by Gasteiger charge is 2.26. The van der Waals surface area contributed by atoms with Crippen LogP contribution in [0.15, 0.2) is 36.8 Å². The zero-order valence-corrected chi connectivity index (χ0v) is 20.6. The second kappa shape index (κ2) is 9.48. The van der Waals surface area contributed by atoms with Crippen LogP contribution in [0, 0.1) is 5.92 Å². The number of rotatable bonds is 9. The van der Waals surface area contributed by atoms with Gasteiger partial charge in [-0.2, -0.15) is 5.10 Å². The minimum Gasteiger partial charge on any atom is -0.493 e. The quantitative estimate of drug-likeness (QED) is 0.350. The molecule has 5 rings (SSSR count). The number of hydrogen-bond donors (Lipinski definition) is 2. The smallest absolute Gasteiger partial charge is 0.197 e. The SMILES string of the molecule is COc1cc(-c2[nH]c3ccc(CC4CN(CCCS(=O)O)C4)cc3c2C(C)C)cn2ncnc12. The predicted molar refractivity (Wildman–Crippen MR) is 135 cm³/mol. The summed E-state index contributed by atoms with van der Waals surface area (Å²) in [5.74, 6) is 2.04. The number of fused-ring (bicyclic) bond motifs is 2. The molecular weight excluding hydrogens is 450 g/mol. The Balaban J connectivity index is 1.40. The van der Waals surface area contributed by atoms with Crippen LogP contribution in [0.2, 0.25) is 0 Å². The van der Waals surface area contributed by atoms with Crippen LogP contribution in [0.25, 0.3) is 27.8 Å². The van der Waals surface area contributed by atoms with Gasteiger partial charge in [-0.25, -0.2) is 13.7 Å². The Kier molecular flexibility index (Phi) is 6.42. The lowest BCUT2D eigenvalue weighted by Gasteiger charge is -2.39. The number of nitrogens with zero attached hydrogens (tertiary/aromatic N) is 4. The lowest BCUT2D eigenvalue weighted by Crippen LogP contribution is -2.48. The van der Waals surface area contributed by atoms with Crippen LogP contribution in [0.3, 0.4) is 0 Å². The van der Waals surface area contributed by atoms with Gasteiger partial charge in [0, 0.05) is 35.8 Å². The molecule has 1 aliphatic heterocycles. The summed E-state index contributed by atoms with van der Waals surface area (Å²) in [6.45, 7) is 7.48. The molecule has 3 aromatic heterocycles. The molecule has 1 fully saturated rings. The van der Waals surface area contributed by atoms with E-state index in [-0.39, 0.29) is 0 Å². The first kappa shape index (κ1) is 23.0. The molecule has 2 N–H and O–H groups in total. The van der Waals surface area contributed by atoms with Crippen molar-refractivity contribution in [2.24, 2.45) is 5.92 Å². The molecule has 0 spiro atoms. The third-order valence-electron chi connectivity index (χ3n) is 6.68. The standard InChI is InChI=1S/C25H31N5O3S/c1-16(2)23-20-10-17(9-18-12-29(13-18)7-4-8-34(31)32)5-6-21(20)28-24(23)19-11-22(33-3)25-26-15-27-30(25)14-19/h5-6,10-11,14-16,18,28H,4,7-9,12-13H2,1-3H3,(H,31,32). The third-order valence-corrected chi connectivity index (χ3v) is 7.32. The highest BCUT2D eigenvalue weighted by atomic mass is 32.2. The van der Waals surface area contributed by atoms with E-state index in [1.165, 1.54) is 22.8 Å². The predicted octanol–water partition coefficient (Wildman–Crippen LogP) is 4.10. The number of aromatic nitrogens is 4. The topological polar surface area (TPSA) is 95.8 Å². The number of aromatic amines is 1. The van der Waals surface area contributed by atoms with Gasteiger partial charge in [0.15, 0.2) is 22.5 Å². The van der Waals surface area contributed by atoms with Crippen molar-refractivity contribution in [3.8, 4) is 17.0 Å². The zero-order valence-electron chi connectivity index (χ0n) is 19.8. The van der Waals surface area contributed by atoms with Crippen LogP contribution < -0.4 is 4.74 Å². The molecule has 0 amide bonds. The molecule has 1 aromatic carbocycles. The molecule has 4 aromatic rings. The first-order chi connectivity index (χ1) is 16.4. The average Bonchev–Trinajstić information content (AvgIpc) is 3.40. The molecule has 1 atom stereocenters. The molecule has 0 radical (unpaired) electrons. The maximum atomic E-state index is 10.8. The van der Waals surface area contributed by atoms with Gasteiger partial charge in [-0.15, -0.1) is 0 Å². The number of likely N-dealkylation sites (tertiary alicyclic amines) is 1. The van der Waals surface area contributed by atoms with Crippen molar-refractivity contribution in [3.05, 3.63) is 47.9 Å². The van der Waals surface area contributed by atoms with Crippen LogP contribution in [0.1, 0.15) is 37.3 Å². The molecule has 0 aliphatic carbocycles. The highest BCUT2D eigenvalue weighted by Crippen LogP contribution is 2.38. The van der Waals surface area contributed by atoms with Crippen molar-refractivity contribution in [3.63, 3.8) is 0 Å². The third kappa shape index (κ3) is 4.47. The molecule has 1 aliphatic rings. The largest absolute Gasteiger partial charge is 0.493 e. The van der Waals surface area contributed by atoms with E-state index in [2.05, 4.69) is 52.0 Å². The number of benzene rings is 1. The molecule has 1 saturated heterocycles. The van der Waals surface area contributed by atoms with Crippen molar-refractivity contribution in [1.29, 1.82) is 0 Å². The molecule has 180 valence electrons. The summed E-state index contributed by atoms with van der Waals surface area (Å²) >= 11 is -1.68. The lowest BCUT2D eigenvalue weighted by molar-refractivity contribution is 0.101. The van der Waals surface area contributed by atoms with Crippen molar-refractivity contribution in [2.45, 2.75) is 32.6 Å². The molecular formula is C25H31N5O3S. The minimum absolute atomic E-state index is 0.340. The Morgan fingerprint density at radius 2 is 2.12 bits per heavy atom. The monoisotopic (exact) mass is 481 g/mol. The summed E-state index contributed by atoms with van der Waals surface area (Å²) in [6, 6.07) is 8.79. The van der Waals surface area contributed by atoms with Crippen molar-refractivity contribution >= 4 is 27.6 Å². The van der Waals surface area contributed by atoms with E-state index in [4.69, 9.17) is 9.29 Å². The summed E-state index contributed by atoms with van der Waals surface area (Å²) in [7, 11) is 1.66. The lowest BCUT2D eigenvalue weighted by atomic mass is 9.90.